The van der Waals surface area contributed by atoms with Gasteiger partial charge in [-0.1, -0.05) is 30.3 Å². The molecule has 3 aromatic rings. The Hall–Kier alpha value is -2.62. The van der Waals surface area contributed by atoms with Crippen LogP contribution in [0.25, 0.3) is 10.9 Å². The van der Waals surface area contributed by atoms with Crippen LogP contribution in [0.3, 0.4) is 0 Å². The Labute approximate surface area is 103 Å². The van der Waals surface area contributed by atoms with Crippen molar-refractivity contribution in [3.05, 3.63) is 59.8 Å². The van der Waals surface area contributed by atoms with Gasteiger partial charge in [-0.2, -0.15) is 5.10 Å². The van der Waals surface area contributed by atoms with E-state index in [2.05, 4.69) is 20.7 Å². The summed E-state index contributed by atoms with van der Waals surface area (Å²) in [6.45, 7) is 0. The maximum Gasteiger partial charge on any atom is 0.102 e. The lowest BCUT2D eigenvalue weighted by Crippen LogP contribution is -1.99. The van der Waals surface area contributed by atoms with Crippen LogP contribution in [0, 0.1) is 0 Å². The maximum absolute atomic E-state index is 4.27. The molecule has 2 heterocycles. The van der Waals surface area contributed by atoms with E-state index in [4.69, 9.17) is 0 Å². The highest BCUT2D eigenvalue weighted by atomic mass is 15.3. The van der Waals surface area contributed by atoms with Gasteiger partial charge in [0.2, 0.25) is 0 Å². The Balaban J connectivity index is 1.89. The molecule has 0 spiro atoms. The van der Waals surface area contributed by atoms with Crippen LogP contribution in [-0.2, 0) is 0 Å². The molecular weight excluding hydrogens is 224 g/mol. The molecule has 1 aromatic heterocycles. The highest BCUT2D eigenvalue weighted by Gasteiger charge is 2.18. The molecule has 0 amide bonds. The van der Waals surface area contributed by atoms with E-state index in [-0.39, 0.29) is 0 Å². The first kappa shape index (κ1) is 9.41. The highest BCUT2D eigenvalue weighted by molar-refractivity contribution is 6.17. The van der Waals surface area contributed by atoms with Gasteiger partial charge in [-0.05, 0) is 12.1 Å². The number of fused-ring (bicyclic) bond motifs is 2. The van der Waals surface area contributed by atoms with Crippen molar-refractivity contribution in [3.63, 3.8) is 0 Å². The van der Waals surface area contributed by atoms with Crippen LogP contribution in [0.4, 0.5) is 5.69 Å². The van der Waals surface area contributed by atoms with Crippen molar-refractivity contribution in [1.82, 2.24) is 15.6 Å². The maximum atomic E-state index is 4.27. The zero-order valence-electron chi connectivity index (χ0n) is 9.46. The normalized spacial score (nSPS) is 13.2. The summed E-state index contributed by atoms with van der Waals surface area (Å²) in [4.78, 5) is 0. The number of aromatic amines is 1. The average molecular weight is 233 g/mol. The van der Waals surface area contributed by atoms with Gasteiger partial charge >= 0.3 is 0 Å². The molecule has 0 saturated heterocycles. The quantitative estimate of drug-likeness (QED) is 0.690. The fraction of sp³-hybridized carbons (Fsp3) is 0. The van der Waals surface area contributed by atoms with Gasteiger partial charge in [0.15, 0.2) is 0 Å². The first-order valence-corrected chi connectivity index (χ1v) is 5.74. The minimum atomic E-state index is 0.913. The Morgan fingerprint density at radius 3 is 2.94 bits per heavy atom. The number of aromatic nitrogens is 2. The molecule has 1 aliphatic heterocycles. The first-order chi connectivity index (χ1) is 8.92. The van der Waals surface area contributed by atoms with Crippen LogP contribution in [0.5, 0.6) is 0 Å². The summed E-state index contributed by atoms with van der Waals surface area (Å²) in [5, 5.41) is 12.4. The van der Waals surface area contributed by atoms with Crippen molar-refractivity contribution in [3.8, 4) is 0 Å². The summed E-state index contributed by atoms with van der Waals surface area (Å²) in [6.07, 6.45) is 1.88. The number of H-pyrrole nitrogens is 1. The molecule has 18 heavy (non-hydrogen) atoms. The molecule has 0 bridgehead atoms. The second-order valence-corrected chi connectivity index (χ2v) is 4.22. The minimum Gasteiger partial charge on any atom is -0.285 e. The van der Waals surface area contributed by atoms with Crippen LogP contribution in [0.1, 0.15) is 11.1 Å². The molecule has 0 unspecified atom stereocenters. The van der Waals surface area contributed by atoms with Crippen molar-refractivity contribution in [2.24, 2.45) is 5.10 Å². The molecule has 1 radical (unpaired) electrons. The van der Waals surface area contributed by atoms with Gasteiger partial charge < -0.3 is 0 Å². The summed E-state index contributed by atoms with van der Waals surface area (Å²) >= 11 is 0. The van der Waals surface area contributed by atoms with E-state index in [1.165, 1.54) is 0 Å². The van der Waals surface area contributed by atoms with Gasteiger partial charge in [0.1, 0.15) is 5.71 Å². The molecule has 4 rings (SSSR count). The molecular formula is C14H9N4. The third kappa shape index (κ3) is 1.26. The van der Waals surface area contributed by atoms with Crippen molar-refractivity contribution in [1.29, 1.82) is 0 Å². The van der Waals surface area contributed by atoms with Gasteiger partial charge in [-0.3, -0.25) is 5.10 Å². The van der Waals surface area contributed by atoms with Crippen LogP contribution in [0.2, 0.25) is 0 Å². The lowest BCUT2D eigenvalue weighted by atomic mass is 10.0. The van der Waals surface area contributed by atoms with E-state index >= 15 is 0 Å². The van der Waals surface area contributed by atoms with Crippen LogP contribution in [-0.4, -0.2) is 15.9 Å². The molecule has 0 fully saturated rings. The second kappa shape index (κ2) is 3.43. The summed E-state index contributed by atoms with van der Waals surface area (Å²) in [7, 11) is 0. The Bertz CT molecular complexity index is 770. The van der Waals surface area contributed by atoms with Crippen LogP contribution in [0.15, 0.2) is 53.8 Å². The van der Waals surface area contributed by atoms with Crippen LogP contribution < -0.4 is 5.43 Å². The smallest absolute Gasteiger partial charge is 0.102 e. The number of rotatable bonds is 1. The fourth-order valence-electron chi connectivity index (χ4n) is 2.21. The Morgan fingerprint density at radius 2 is 1.94 bits per heavy atom. The molecule has 2 aromatic carbocycles. The third-order valence-electron chi connectivity index (χ3n) is 3.13. The van der Waals surface area contributed by atoms with E-state index < -0.39 is 0 Å². The SMILES string of the molecule is c1ccc2c(c1)[N]N=C2c1ccc2c[nH]nc2c1. The Morgan fingerprint density at radius 1 is 1.00 bits per heavy atom. The lowest BCUT2D eigenvalue weighted by molar-refractivity contribution is 0.987. The van der Waals surface area contributed by atoms with Gasteiger partial charge in [0.25, 0.3) is 0 Å². The number of hydrogen-bond donors (Lipinski definition) is 1. The van der Waals surface area contributed by atoms with E-state index in [1.807, 2.05) is 48.7 Å². The zero-order chi connectivity index (χ0) is 11.9. The van der Waals surface area contributed by atoms with E-state index in [0.29, 0.717) is 0 Å². The molecule has 0 atom stereocenters. The Kier molecular flexibility index (Phi) is 1.80. The molecule has 1 aliphatic rings. The lowest BCUT2D eigenvalue weighted by Gasteiger charge is -2.01. The van der Waals surface area contributed by atoms with Gasteiger partial charge in [-0.15, -0.1) is 10.5 Å². The van der Waals surface area contributed by atoms with Gasteiger partial charge in [0.05, 0.1) is 11.2 Å². The van der Waals surface area contributed by atoms with Crippen molar-refractivity contribution in [2.75, 3.05) is 0 Å². The van der Waals surface area contributed by atoms with Gasteiger partial charge in [0, 0.05) is 22.7 Å². The van der Waals surface area contributed by atoms with Crippen molar-refractivity contribution < 1.29 is 0 Å². The average Bonchev–Trinajstić information content (AvgIpc) is 3.04. The molecule has 0 aliphatic carbocycles. The zero-order valence-corrected chi connectivity index (χ0v) is 9.46. The van der Waals surface area contributed by atoms with Crippen molar-refractivity contribution in [2.45, 2.75) is 0 Å². The summed E-state index contributed by atoms with van der Waals surface area (Å²) < 4.78 is 0. The summed E-state index contributed by atoms with van der Waals surface area (Å²) in [5.41, 5.74) is 9.09. The number of nitrogens with zero attached hydrogens (tertiary/aromatic N) is 3. The number of nitrogens with one attached hydrogen (secondary N) is 1. The van der Waals surface area contributed by atoms with E-state index in [0.717, 1.165) is 33.4 Å². The predicted molar refractivity (Wildman–Crippen MR) is 70.0 cm³/mol. The number of hydrogen-bond acceptors (Lipinski definition) is 2. The highest BCUT2D eigenvalue weighted by Crippen LogP contribution is 2.26. The third-order valence-corrected chi connectivity index (χ3v) is 3.13. The minimum absolute atomic E-state index is 0.913. The fourth-order valence-corrected chi connectivity index (χ4v) is 2.21. The summed E-state index contributed by atoms with van der Waals surface area (Å²) in [6, 6.07) is 14.1. The largest absolute Gasteiger partial charge is 0.285 e. The molecule has 85 valence electrons. The molecule has 1 N–H and O–H groups in total. The molecule has 4 nitrogen and oxygen atoms in total. The summed E-state index contributed by atoms with van der Waals surface area (Å²) in [5.74, 6) is 0. The number of benzene rings is 2. The topological polar surface area (TPSA) is 55.1 Å². The van der Waals surface area contributed by atoms with Gasteiger partial charge in [-0.25, -0.2) is 0 Å². The predicted octanol–water partition coefficient (Wildman–Crippen LogP) is 2.56. The monoisotopic (exact) mass is 233 g/mol. The first-order valence-electron chi connectivity index (χ1n) is 5.74. The second-order valence-electron chi connectivity index (χ2n) is 4.22. The van der Waals surface area contributed by atoms with Crippen molar-refractivity contribution >= 4 is 22.3 Å². The molecule has 4 heteroatoms. The molecule has 0 saturated carbocycles. The standard InChI is InChI=1S/C14H9N4/c1-2-4-12-11(3-1)14(18-17-12)9-5-6-10-8-15-16-13(10)7-9/h1-8H,(H,15,16). The van der Waals surface area contributed by atoms with Crippen LogP contribution >= 0.6 is 0 Å². The van der Waals surface area contributed by atoms with E-state index in [1.54, 1.807) is 0 Å². The van der Waals surface area contributed by atoms with E-state index in [9.17, 15) is 0 Å².